The summed E-state index contributed by atoms with van der Waals surface area (Å²) < 4.78 is 0. The molecular formula is C16H20N2O2. The molecule has 1 N–H and O–H groups in total. The summed E-state index contributed by atoms with van der Waals surface area (Å²) in [4.78, 5) is 17.5. The summed E-state index contributed by atoms with van der Waals surface area (Å²) in [5.41, 5.74) is 5.12. The number of hydrogen-bond acceptors (Lipinski definition) is 3. The SMILES string of the molecule is Cc1cc(CCC(=O)O)c2nc(C)cc(N(C)C)c2c1. The van der Waals surface area contributed by atoms with Crippen LogP contribution in [0.25, 0.3) is 10.9 Å². The van der Waals surface area contributed by atoms with Crippen LogP contribution in [0.2, 0.25) is 0 Å². The van der Waals surface area contributed by atoms with Gasteiger partial charge in [-0.2, -0.15) is 0 Å². The molecule has 0 fully saturated rings. The minimum Gasteiger partial charge on any atom is -0.481 e. The molecule has 0 aliphatic heterocycles. The molecule has 0 spiro atoms. The third-order valence-corrected chi connectivity index (χ3v) is 3.33. The molecule has 0 radical (unpaired) electrons. The maximum absolute atomic E-state index is 10.8. The van der Waals surface area contributed by atoms with Crippen LogP contribution in [0.5, 0.6) is 0 Å². The zero-order valence-electron chi connectivity index (χ0n) is 12.4. The van der Waals surface area contributed by atoms with E-state index >= 15 is 0 Å². The Morgan fingerprint density at radius 1 is 1.25 bits per heavy atom. The summed E-state index contributed by atoms with van der Waals surface area (Å²) in [6.07, 6.45) is 0.641. The highest BCUT2D eigenvalue weighted by Gasteiger charge is 2.11. The number of pyridine rings is 1. The van der Waals surface area contributed by atoms with Gasteiger partial charge < -0.3 is 10.0 Å². The maximum atomic E-state index is 10.8. The van der Waals surface area contributed by atoms with Crippen LogP contribution in [0.4, 0.5) is 5.69 Å². The Bertz CT molecular complexity index is 663. The van der Waals surface area contributed by atoms with Crippen LogP contribution in [-0.4, -0.2) is 30.2 Å². The van der Waals surface area contributed by atoms with E-state index in [0.717, 1.165) is 33.4 Å². The van der Waals surface area contributed by atoms with Gasteiger partial charge in [0.1, 0.15) is 0 Å². The van der Waals surface area contributed by atoms with E-state index < -0.39 is 5.97 Å². The molecule has 0 saturated carbocycles. The van der Waals surface area contributed by atoms with Crippen molar-refractivity contribution in [3.8, 4) is 0 Å². The summed E-state index contributed by atoms with van der Waals surface area (Å²) in [6, 6.07) is 6.21. The van der Waals surface area contributed by atoms with Crippen molar-refractivity contribution in [2.24, 2.45) is 0 Å². The van der Waals surface area contributed by atoms with Gasteiger partial charge in [-0.3, -0.25) is 9.78 Å². The third kappa shape index (κ3) is 2.90. The van der Waals surface area contributed by atoms with Crippen molar-refractivity contribution in [2.45, 2.75) is 26.7 Å². The molecular weight excluding hydrogens is 252 g/mol. The van der Waals surface area contributed by atoms with E-state index in [2.05, 4.69) is 22.0 Å². The molecule has 20 heavy (non-hydrogen) atoms. The number of carboxylic acid groups (broad SMARTS) is 1. The van der Waals surface area contributed by atoms with Gasteiger partial charge in [-0.05, 0) is 38.0 Å². The first-order valence-electron chi connectivity index (χ1n) is 6.68. The number of nitrogens with zero attached hydrogens (tertiary/aromatic N) is 2. The standard InChI is InChI=1S/C16H20N2O2/c1-10-7-12(5-6-15(19)20)16-13(8-10)14(18(3)4)9-11(2)17-16/h7-9H,5-6H2,1-4H3,(H,19,20). The van der Waals surface area contributed by atoms with Crippen molar-refractivity contribution in [1.82, 2.24) is 4.98 Å². The minimum atomic E-state index is -0.778. The first-order chi connectivity index (χ1) is 9.38. The zero-order valence-corrected chi connectivity index (χ0v) is 12.4. The molecule has 4 heteroatoms. The van der Waals surface area contributed by atoms with Crippen LogP contribution in [0, 0.1) is 13.8 Å². The van der Waals surface area contributed by atoms with Crippen molar-refractivity contribution in [2.75, 3.05) is 19.0 Å². The number of benzene rings is 1. The normalized spacial score (nSPS) is 10.8. The Hall–Kier alpha value is -2.10. The van der Waals surface area contributed by atoms with Crippen LogP contribution in [0.1, 0.15) is 23.2 Å². The quantitative estimate of drug-likeness (QED) is 0.929. The average molecular weight is 272 g/mol. The topological polar surface area (TPSA) is 53.4 Å². The number of anilines is 1. The summed E-state index contributed by atoms with van der Waals surface area (Å²) in [6.45, 7) is 4.00. The number of carboxylic acids is 1. The number of rotatable bonds is 4. The van der Waals surface area contributed by atoms with Crippen LogP contribution in [0.15, 0.2) is 18.2 Å². The number of fused-ring (bicyclic) bond motifs is 1. The van der Waals surface area contributed by atoms with E-state index in [-0.39, 0.29) is 6.42 Å². The Kier molecular flexibility index (Phi) is 3.93. The second-order valence-corrected chi connectivity index (χ2v) is 5.39. The van der Waals surface area contributed by atoms with Crippen molar-refractivity contribution in [1.29, 1.82) is 0 Å². The van der Waals surface area contributed by atoms with Gasteiger partial charge in [-0.25, -0.2) is 0 Å². The maximum Gasteiger partial charge on any atom is 0.303 e. The predicted molar refractivity (Wildman–Crippen MR) is 81.5 cm³/mol. The second kappa shape index (κ2) is 5.49. The summed E-state index contributed by atoms with van der Waals surface area (Å²) >= 11 is 0. The highest BCUT2D eigenvalue weighted by Crippen LogP contribution is 2.29. The molecule has 2 aromatic rings. The van der Waals surface area contributed by atoms with Gasteiger partial charge in [0.2, 0.25) is 0 Å². The largest absolute Gasteiger partial charge is 0.481 e. The first-order valence-corrected chi connectivity index (χ1v) is 6.68. The van der Waals surface area contributed by atoms with Gasteiger partial charge in [-0.15, -0.1) is 0 Å². The molecule has 2 rings (SSSR count). The molecule has 1 aromatic heterocycles. The van der Waals surface area contributed by atoms with Crippen molar-refractivity contribution >= 4 is 22.6 Å². The molecule has 4 nitrogen and oxygen atoms in total. The highest BCUT2D eigenvalue weighted by molar-refractivity contribution is 5.94. The molecule has 0 unspecified atom stereocenters. The van der Waals surface area contributed by atoms with Gasteiger partial charge in [0.15, 0.2) is 0 Å². The molecule has 0 saturated heterocycles. The van der Waals surface area contributed by atoms with Crippen LogP contribution >= 0.6 is 0 Å². The molecule has 1 aromatic carbocycles. The van der Waals surface area contributed by atoms with Crippen LogP contribution < -0.4 is 4.90 Å². The van der Waals surface area contributed by atoms with Crippen molar-refractivity contribution in [3.05, 3.63) is 35.0 Å². The van der Waals surface area contributed by atoms with Gasteiger partial charge in [-0.1, -0.05) is 11.6 Å². The molecule has 0 aliphatic carbocycles. The highest BCUT2D eigenvalue weighted by atomic mass is 16.4. The average Bonchev–Trinajstić information content (AvgIpc) is 2.35. The molecule has 0 bridgehead atoms. The van der Waals surface area contributed by atoms with E-state index in [4.69, 9.17) is 5.11 Å². The summed E-state index contributed by atoms with van der Waals surface area (Å²) in [7, 11) is 4.01. The van der Waals surface area contributed by atoms with Gasteiger partial charge in [0.05, 0.1) is 5.52 Å². The number of carbonyl (C=O) groups is 1. The fourth-order valence-corrected chi connectivity index (χ4v) is 2.47. The van der Waals surface area contributed by atoms with Crippen LogP contribution in [-0.2, 0) is 11.2 Å². The molecule has 0 amide bonds. The molecule has 1 heterocycles. The number of aliphatic carboxylic acids is 1. The summed E-state index contributed by atoms with van der Waals surface area (Å²) in [5.74, 6) is -0.778. The minimum absolute atomic E-state index is 0.130. The van der Waals surface area contributed by atoms with E-state index in [1.807, 2.05) is 34.0 Å². The lowest BCUT2D eigenvalue weighted by Crippen LogP contribution is -2.10. The molecule has 0 aliphatic rings. The fraction of sp³-hybridized carbons (Fsp3) is 0.375. The van der Waals surface area contributed by atoms with E-state index in [0.29, 0.717) is 6.42 Å². The van der Waals surface area contributed by atoms with E-state index in [1.54, 1.807) is 0 Å². The molecule has 106 valence electrons. The van der Waals surface area contributed by atoms with E-state index in [1.165, 1.54) is 0 Å². The number of aromatic nitrogens is 1. The lowest BCUT2D eigenvalue weighted by molar-refractivity contribution is -0.136. The van der Waals surface area contributed by atoms with Gasteiger partial charge in [0.25, 0.3) is 0 Å². The fourth-order valence-electron chi connectivity index (χ4n) is 2.47. The molecule has 0 atom stereocenters. The lowest BCUT2D eigenvalue weighted by atomic mass is 10.0. The monoisotopic (exact) mass is 272 g/mol. The Morgan fingerprint density at radius 2 is 1.95 bits per heavy atom. The van der Waals surface area contributed by atoms with Crippen LogP contribution in [0.3, 0.4) is 0 Å². The Morgan fingerprint density at radius 3 is 2.55 bits per heavy atom. The van der Waals surface area contributed by atoms with Gasteiger partial charge in [0, 0.05) is 37.3 Å². The second-order valence-electron chi connectivity index (χ2n) is 5.39. The summed E-state index contributed by atoms with van der Waals surface area (Å²) in [5, 5.41) is 9.97. The Balaban J connectivity index is 2.66. The van der Waals surface area contributed by atoms with Crippen molar-refractivity contribution < 1.29 is 9.90 Å². The predicted octanol–water partition coefficient (Wildman–Crippen LogP) is 2.93. The number of hydrogen-bond donors (Lipinski definition) is 1. The van der Waals surface area contributed by atoms with Gasteiger partial charge >= 0.3 is 5.97 Å². The lowest BCUT2D eigenvalue weighted by Gasteiger charge is -2.18. The first kappa shape index (κ1) is 14.3. The van der Waals surface area contributed by atoms with Crippen molar-refractivity contribution in [3.63, 3.8) is 0 Å². The zero-order chi connectivity index (χ0) is 14.9. The number of aryl methyl sites for hydroxylation is 3. The van der Waals surface area contributed by atoms with E-state index in [9.17, 15) is 4.79 Å². The third-order valence-electron chi connectivity index (χ3n) is 3.33. The smallest absolute Gasteiger partial charge is 0.303 e. The Labute approximate surface area is 119 Å².